The molecule has 0 bridgehead atoms. The molecule has 0 saturated carbocycles. The smallest absolute Gasteiger partial charge is 0.166 e. The SMILES string of the molecule is COc1ccc(CCl)cc1OCc1ncccn1. The molecule has 0 aliphatic heterocycles. The van der Waals surface area contributed by atoms with E-state index in [9.17, 15) is 0 Å². The largest absolute Gasteiger partial charge is 0.493 e. The van der Waals surface area contributed by atoms with Gasteiger partial charge in [0.1, 0.15) is 6.61 Å². The second-order valence-electron chi connectivity index (χ2n) is 3.57. The van der Waals surface area contributed by atoms with Crippen molar-refractivity contribution in [3.05, 3.63) is 48.0 Å². The Morgan fingerprint density at radius 2 is 1.94 bits per heavy atom. The maximum Gasteiger partial charge on any atom is 0.166 e. The Kier molecular flexibility index (Phi) is 4.36. The predicted molar refractivity (Wildman–Crippen MR) is 68.9 cm³/mol. The highest BCUT2D eigenvalue weighted by Gasteiger charge is 2.06. The van der Waals surface area contributed by atoms with Gasteiger partial charge in [0.2, 0.25) is 0 Å². The molecule has 94 valence electrons. The Balaban J connectivity index is 2.12. The van der Waals surface area contributed by atoms with Gasteiger partial charge >= 0.3 is 0 Å². The Labute approximate surface area is 111 Å². The molecule has 5 heteroatoms. The van der Waals surface area contributed by atoms with E-state index >= 15 is 0 Å². The van der Waals surface area contributed by atoms with Crippen molar-refractivity contribution in [1.82, 2.24) is 9.97 Å². The number of rotatable bonds is 5. The number of halogens is 1. The van der Waals surface area contributed by atoms with E-state index in [4.69, 9.17) is 21.1 Å². The Morgan fingerprint density at radius 3 is 2.61 bits per heavy atom. The fourth-order valence-electron chi connectivity index (χ4n) is 1.46. The topological polar surface area (TPSA) is 44.2 Å². The zero-order chi connectivity index (χ0) is 12.8. The molecule has 2 rings (SSSR count). The van der Waals surface area contributed by atoms with Crippen LogP contribution in [0.2, 0.25) is 0 Å². The molecular formula is C13H13ClN2O2. The molecule has 0 unspecified atom stereocenters. The standard InChI is InChI=1S/C13H13ClN2O2/c1-17-11-4-3-10(8-14)7-12(11)18-9-13-15-5-2-6-16-13/h2-7H,8-9H2,1H3. The lowest BCUT2D eigenvalue weighted by atomic mass is 10.2. The molecule has 2 aromatic rings. The van der Waals surface area contributed by atoms with Crippen LogP contribution in [0.1, 0.15) is 11.4 Å². The normalized spacial score (nSPS) is 10.1. The summed E-state index contributed by atoms with van der Waals surface area (Å²) in [5, 5.41) is 0. The summed E-state index contributed by atoms with van der Waals surface area (Å²) in [6.45, 7) is 0.295. The number of aromatic nitrogens is 2. The molecule has 0 radical (unpaired) electrons. The Hall–Kier alpha value is -1.81. The fraction of sp³-hybridized carbons (Fsp3) is 0.231. The maximum absolute atomic E-state index is 5.79. The summed E-state index contributed by atoms with van der Waals surface area (Å²) in [7, 11) is 1.60. The molecular weight excluding hydrogens is 252 g/mol. The highest BCUT2D eigenvalue weighted by molar-refractivity contribution is 6.17. The van der Waals surface area contributed by atoms with Gasteiger partial charge in [0.05, 0.1) is 7.11 Å². The molecule has 0 fully saturated rings. The third kappa shape index (κ3) is 3.11. The molecule has 1 heterocycles. The maximum atomic E-state index is 5.79. The van der Waals surface area contributed by atoms with Crippen LogP contribution in [0.25, 0.3) is 0 Å². The van der Waals surface area contributed by atoms with Crippen LogP contribution in [-0.2, 0) is 12.5 Å². The lowest BCUT2D eigenvalue weighted by Crippen LogP contribution is -2.02. The molecule has 0 saturated heterocycles. The van der Waals surface area contributed by atoms with Gasteiger partial charge in [0.25, 0.3) is 0 Å². The van der Waals surface area contributed by atoms with Crippen molar-refractivity contribution >= 4 is 11.6 Å². The van der Waals surface area contributed by atoms with Crippen LogP contribution >= 0.6 is 11.6 Å². The number of benzene rings is 1. The minimum Gasteiger partial charge on any atom is -0.493 e. The number of alkyl halides is 1. The lowest BCUT2D eigenvalue weighted by Gasteiger charge is -2.11. The van der Waals surface area contributed by atoms with E-state index in [0.29, 0.717) is 29.8 Å². The van der Waals surface area contributed by atoms with Crippen molar-refractivity contribution in [3.63, 3.8) is 0 Å². The number of methoxy groups -OCH3 is 1. The molecule has 0 spiro atoms. The molecule has 4 nitrogen and oxygen atoms in total. The van der Waals surface area contributed by atoms with E-state index in [1.807, 2.05) is 18.2 Å². The van der Waals surface area contributed by atoms with Crippen molar-refractivity contribution in [3.8, 4) is 11.5 Å². The lowest BCUT2D eigenvalue weighted by molar-refractivity contribution is 0.276. The van der Waals surface area contributed by atoms with Gasteiger partial charge in [-0.1, -0.05) is 6.07 Å². The molecule has 0 atom stereocenters. The van der Waals surface area contributed by atoms with Crippen LogP contribution in [0.3, 0.4) is 0 Å². The monoisotopic (exact) mass is 264 g/mol. The second kappa shape index (κ2) is 6.21. The van der Waals surface area contributed by atoms with E-state index in [1.54, 1.807) is 25.6 Å². The Bertz CT molecular complexity index is 506. The predicted octanol–water partition coefficient (Wildman–Crippen LogP) is 2.80. The summed E-state index contributed by atoms with van der Waals surface area (Å²) in [5.74, 6) is 2.36. The summed E-state index contributed by atoms with van der Waals surface area (Å²) in [6.07, 6.45) is 3.36. The number of nitrogens with zero attached hydrogens (tertiary/aromatic N) is 2. The van der Waals surface area contributed by atoms with Gasteiger partial charge in [-0.15, -0.1) is 11.6 Å². The zero-order valence-corrected chi connectivity index (χ0v) is 10.7. The zero-order valence-electron chi connectivity index (χ0n) is 9.97. The van der Waals surface area contributed by atoms with Crippen molar-refractivity contribution in [1.29, 1.82) is 0 Å². The van der Waals surface area contributed by atoms with Crippen LogP contribution < -0.4 is 9.47 Å². The number of ether oxygens (including phenoxy) is 2. The van der Waals surface area contributed by atoms with Gasteiger partial charge in [-0.2, -0.15) is 0 Å². The van der Waals surface area contributed by atoms with Gasteiger partial charge in [0.15, 0.2) is 17.3 Å². The quantitative estimate of drug-likeness (QED) is 0.779. The van der Waals surface area contributed by atoms with E-state index in [-0.39, 0.29) is 0 Å². The highest BCUT2D eigenvalue weighted by Crippen LogP contribution is 2.29. The second-order valence-corrected chi connectivity index (χ2v) is 3.84. The van der Waals surface area contributed by atoms with Gasteiger partial charge in [0, 0.05) is 18.3 Å². The first-order valence-corrected chi connectivity index (χ1v) is 5.98. The van der Waals surface area contributed by atoms with Gasteiger partial charge in [-0.3, -0.25) is 0 Å². The van der Waals surface area contributed by atoms with Crippen LogP contribution in [-0.4, -0.2) is 17.1 Å². The van der Waals surface area contributed by atoms with Gasteiger partial charge in [-0.25, -0.2) is 9.97 Å². The molecule has 0 amide bonds. The van der Waals surface area contributed by atoms with E-state index < -0.39 is 0 Å². The van der Waals surface area contributed by atoms with Crippen LogP contribution in [0.4, 0.5) is 0 Å². The number of hydrogen-bond acceptors (Lipinski definition) is 4. The summed E-state index contributed by atoms with van der Waals surface area (Å²) in [4.78, 5) is 8.18. The third-order valence-corrected chi connectivity index (χ3v) is 2.67. The molecule has 18 heavy (non-hydrogen) atoms. The van der Waals surface area contributed by atoms with Gasteiger partial charge < -0.3 is 9.47 Å². The van der Waals surface area contributed by atoms with E-state index in [2.05, 4.69) is 9.97 Å². The highest BCUT2D eigenvalue weighted by atomic mass is 35.5. The van der Waals surface area contributed by atoms with Crippen LogP contribution in [0.5, 0.6) is 11.5 Å². The van der Waals surface area contributed by atoms with E-state index in [1.165, 1.54) is 0 Å². The third-order valence-electron chi connectivity index (χ3n) is 2.36. The molecule has 0 aliphatic carbocycles. The summed E-state index contributed by atoms with van der Waals surface area (Å²) < 4.78 is 10.9. The van der Waals surface area contributed by atoms with Crippen molar-refractivity contribution in [2.45, 2.75) is 12.5 Å². The minimum atomic E-state index is 0.295. The molecule has 0 N–H and O–H groups in total. The van der Waals surface area contributed by atoms with E-state index in [0.717, 1.165) is 5.56 Å². The average molecular weight is 265 g/mol. The average Bonchev–Trinajstić information content (AvgIpc) is 2.45. The van der Waals surface area contributed by atoms with Crippen molar-refractivity contribution in [2.24, 2.45) is 0 Å². The molecule has 1 aromatic carbocycles. The summed E-state index contributed by atoms with van der Waals surface area (Å²) >= 11 is 5.79. The van der Waals surface area contributed by atoms with Crippen molar-refractivity contribution in [2.75, 3.05) is 7.11 Å². The van der Waals surface area contributed by atoms with Crippen molar-refractivity contribution < 1.29 is 9.47 Å². The number of hydrogen-bond donors (Lipinski definition) is 0. The fourth-order valence-corrected chi connectivity index (χ4v) is 1.63. The molecule has 1 aromatic heterocycles. The van der Waals surface area contributed by atoms with Crippen LogP contribution in [0, 0.1) is 0 Å². The first kappa shape index (κ1) is 12.6. The van der Waals surface area contributed by atoms with Gasteiger partial charge in [-0.05, 0) is 23.8 Å². The van der Waals surface area contributed by atoms with Crippen LogP contribution in [0.15, 0.2) is 36.7 Å². The summed E-state index contributed by atoms with van der Waals surface area (Å²) in [5.41, 5.74) is 0.974. The summed E-state index contributed by atoms with van der Waals surface area (Å²) in [6, 6.07) is 7.35. The molecule has 0 aliphatic rings. The first-order valence-electron chi connectivity index (χ1n) is 5.45. The first-order chi connectivity index (χ1) is 8.83. The Morgan fingerprint density at radius 1 is 1.17 bits per heavy atom. The minimum absolute atomic E-state index is 0.295.